The van der Waals surface area contributed by atoms with Gasteiger partial charge in [0, 0.05) is 11.7 Å². The van der Waals surface area contributed by atoms with E-state index in [9.17, 15) is 0 Å². The van der Waals surface area contributed by atoms with Gasteiger partial charge in [-0.05, 0) is 42.5 Å². The van der Waals surface area contributed by atoms with E-state index < -0.39 is 0 Å². The molecule has 2 aromatic carbocycles. The Kier molecular flexibility index (Phi) is 3.37. The molecular weight excluding hydrogens is 230 g/mol. The van der Waals surface area contributed by atoms with Gasteiger partial charge < -0.3 is 5.32 Å². The molecule has 1 nitrogen and oxygen atoms in total. The molecule has 3 rings (SSSR count). The van der Waals surface area contributed by atoms with Gasteiger partial charge >= 0.3 is 0 Å². The zero-order valence-corrected chi connectivity index (χ0v) is 11.3. The largest absolute Gasteiger partial charge is 0.382 e. The van der Waals surface area contributed by atoms with Crippen LogP contribution in [0.2, 0.25) is 0 Å². The molecule has 1 unspecified atom stereocenters. The molecule has 0 saturated heterocycles. The first-order valence-electron chi connectivity index (χ1n) is 6.93. The number of hydrogen-bond donors (Lipinski definition) is 1. The summed E-state index contributed by atoms with van der Waals surface area (Å²) in [7, 11) is 0. The Morgan fingerprint density at radius 1 is 0.895 bits per heavy atom. The zero-order valence-electron chi connectivity index (χ0n) is 11.3. The molecule has 0 bridgehead atoms. The topological polar surface area (TPSA) is 12.0 Å². The molecule has 0 saturated carbocycles. The summed E-state index contributed by atoms with van der Waals surface area (Å²) in [4.78, 5) is 0. The van der Waals surface area contributed by atoms with Crippen molar-refractivity contribution >= 4 is 6.08 Å². The molecule has 1 heteroatoms. The fourth-order valence-corrected chi connectivity index (χ4v) is 2.65. The first-order valence-corrected chi connectivity index (χ1v) is 6.93. The van der Waals surface area contributed by atoms with Crippen molar-refractivity contribution < 1.29 is 0 Å². The number of rotatable bonds is 3. The van der Waals surface area contributed by atoms with Gasteiger partial charge in [0.15, 0.2) is 0 Å². The van der Waals surface area contributed by atoms with Gasteiger partial charge in [-0.25, -0.2) is 0 Å². The smallest absolute Gasteiger partial charge is 0.0482 e. The second-order valence-corrected chi connectivity index (χ2v) is 5.15. The quantitative estimate of drug-likeness (QED) is 0.854. The van der Waals surface area contributed by atoms with Crippen molar-refractivity contribution in [2.75, 3.05) is 0 Å². The number of hydrogen-bond acceptors (Lipinski definition) is 1. The molecule has 0 spiro atoms. The van der Waals surface area contributed by atoms with Crippen LogP contribution in [0.25, 0.3) is 6.08 Å². The highest BCUT2D eigenvalue weighted by Gasteiger charge is 2.12. The third-order valence-electron chi connectivity index (χ3n) is 3.75. The Morgan fingerprint density at radius 3 is 2.47 bits per heavy atom. The van der Waals surface area contributed by atoms with Crippen molar-refractivity contribution in [3.8, 4) is 0 Å². The normalized spacial score (nSPS) is 15.3. The van der Waals surface area contributed by atoms with E-state index in [1.807, 2.05) is 0 Å². The monoisotopic (exact) mass is 249 g/mol. The van der Waals surface area contributed by atoms with Crippen LogP contribution in [0.5, 0.6) is 0 Å². The number of allylic oxidation sites excluding steroid dienone is 1. The molecule has 0 aliphatic heterocycles. The summed E-state index contributed by atoms with van der Waals surface area (Å²) in [6.07, 6.45) is 4.53. The predicted octanol–water partition coefficient (Wildman–Crippen LogP) is 4.32. The van der Waals surface area contributed by atoms with Crippen LogP contribution in [0, 0.1) is 0 Å². The molecule has 0 amide bonds. The fourth-order valence-electron chi connectivity index (χ4n) is 2.65. The summed E-state index contributed by atoms with van der Waals surface area (Å²) in [5.74, 6) is 0. The maximum atomic E-state index is 3.64. The van der Waals surface area contributed by atoms with Crippen molar-refractivity contribution in [2.24, 2.45) is 0 Å². The molecule has 1 aliphatic carbocycles. The molecule has 1 atom stereocenters. The number of aryl methyl sites for hydroxylation is 1. The van der Waals surface area contributed by atoms with Gasteiger partial charge in [-0.15, -0.1) is 0 Å². The lowest BCUT2D eigenvalue weighted by Crippen LogP contribution is -2.20. The summed E-state index contributed by atoms with van der Waals surface area (Å²) in [5, 5.41) is 3.64. The summed E-state index contributed by atoms with van der Waals surface area (Å²) in [6, 6.07) is 19.6. The Balaban J connectivity index is 1.77. The van der Waals surface area contributed by atoms with E-state index in [0.29, 0.717) is 6.04 Å². The summed E-state index contributed by atoms with van der Waals surface area (Å²) < 4.78 is 0. The van der Waals surface area contributed by atoms with Gasteiger partial charge in [-0.2, -0.15) is 0 Å². The van der Waals surface area contributed by atoms with Crippen LogP contribution in [0.15, 0.2) is 60.3 Å². The number of fused-ring (bicyclic) bond motifs is 1. The average molecular weight is 249 g/mol. The van der Waals surface area contributed by atoms with E-state index >= 15 is 0 Å². The average Bonchev–Trinajstić information content (AvgIpc) is 2.48. The Bertz CT molecular complexity index is 584. The highest BCUT2D eigenvalue weighted by Crippen LogP contribution is 2.24. The van der Waals surface area contributed by atoms with Gasteiger partial charge in [0.1, 0.15) is 0 Å². The maximum absolute atomic E-state index is 3.64. The Labute approximate surface area is 115 Å². The van der Waals surface area contributed by atoms with Gasteiger partial charge in [0.2, 0.25) is 0 Å². The lowest BCUT2D eigenvalue weighted by Gasteiger charge is -2.22. The second kappa shape index (κ2) is 5.31. The van der Waals surface area contributed by atoms with Crippen LogP contribution in [0.1, 0.15) is 36.1 Å². The minimum absolute atomic E-state index is 0.359. The van der Waals surface area contributed by atoms with Crippen LogP contribution in [-0.2, 0) is 6.42 Å². The Hall–Kier alpha value is -2.02. The van der Waals surface area contributed by atoms with Gasteiger partial charge in [-0.1, -0.05) is 54.6 Å². The summed E-state index contributed by atoms with van der Waals surface area (Å²) in [5.41, 5.74) is 5.49. The van der Waals surface area contributed by atoms with Crippen molar-refractivity contribution in [3.63, 3.8) is 0 Å². The van der Waals surface area contributed by atoms with E-state index in [1.54, 1.807) is 0 Å². The third-order valence-corrected chi connectivity index (χ3v) is 3.75. The van der Waals surface area contributed by atoms with Gasteiger partial charge in [0.05, 0.1) is 0 Å². The van der Waals surface area contributed by atoms with Crippen LogP contribution >= 0.6 is 0 Å². The predicted molar refractivity (Wildman–Crippen MR) is 80.7 cm³/mol. The van der Waals surface area contributed by atoms with E-state index in [0.717, 1.165) is 12.8 Å². The summed E-state index contributed by atoms with van der Waals surface area (Å²) >= 11 is 0. The van der Waals surface area contributed by atoms with Crippen molar-refractivity contribution in [3.05, 3.63) is 77.0 Å². The minimum Gasteiger partial charge on any atom is -0.382 e. The van der Waals surface area contributed by atoms with Crippen molar-refractivity contribution in [2.45, 2.75) is 25.8 Å². The first-order chi connectivity index (χ1) is 9.33. The molecule has 1 N–H and O–H groups in total. The van der Waals surface area contributed by atoms with Crippen LogP contribution in [0.4, 0.5) is 0 Å². The molecule has 96 valence electrons. The van der Waals surface area contributed by atoms with Crippen molar-refractivity contribution in [1.29, 1.82) is 0 Å². The lowest BCUT2D eigenvalue weighted by atomic mass is 9.95. The SMILES string of the molecule is CC(NC1=Cc2ccccc2CC1)c1ccccc1. The zero-order chi connectivity index (χ0) is 13.1. The summed E-state index contributed by atoms with van der Waals surface area (Å²) in [6.45, 7) is 2.22. The van der Waals surface area contributed by atoms with E-state index in [4.69, 9.17) is 0 Å². The van der Waals surface area contributed by atoms with E-state index in [-0.39, 0.29) is 0 Å². The lowest BCUT2D eigenvalue weighted by molar-refractivity contribution is 0.627. The van der Waals surface area contributed by atoms with Gasteiger partial charge in [0.25, 0.3) is 0 Å². The first kappa shape index (κ1) is 12.0. The molecular formula is C18H19N. The van der Waals surface area contributed by atoms with Crippen LogP contribution in [-0.4, -0.2) is 0 Å². The third kappa shape index (κ3) is 2.70. The van der Waals surface area contributed by atoms with E-state index in [2.05, 4.69) is 72.9 Å². The standard InChI is InChI=1S/C18H19N/c1-14(15-7-3-2-4-8-15)19-18-12-11-16-9-5-6-10-17(16)13-18/h2-10,13-14,19H,11-12H2,1H3. The molecule has 19 heavy (non-hydrogen) atoms. The molecule has 0 heterocycles. The minimum atomic E-state index is 0.359. The number of nitrogens with one attached hydrogen (secondary N) is 1. The molecule has 0 radical (unpaired) electrons. The Morgan fingerprint density at radius 2 is 1.63 bits per heavy atom. The van der Waals surface area contributed by atoms with Crippen LogP contribution in [0.3, 0.4) is 0 Å². The maximum Gasteiger partial charge on any atom is 0.0482 e. The van der Waals surface area contributed by atoms with Gasteiger partial charge in [-0.3, -0.25) is 0 Å². The van der Waals surface area contributed by atoms with Crippen molar-refractivity contribution in [1.82, 2.24) is 5.32 Å². The van der Waals surface area contributed by atoms with E-state index in [1.165, 1.54) is 22.4 Å². The molecule has 2 aromatic rings. The van der Waals surface area contributed by atoms with Crippen LogP contribution < -0.4 is 5.32 Å². The molecule has 0 aromatic heterocycles. The molecule has 0 fully saturated rings. The fraction of sp³-hybridized carbons (Fsp3) is 0.222. The second-order valence-electron chi connectivity index (χ2n) is 5.15. The molecule has 1 aliphatic rings. The number of benzene rings is 2. The highest BCUT2D eigenvalue weighted by atomic mass is 14.9. The highest BCUT2D eigenvalue weighted by molar-refractivity contribution is 5.59.